The van der Waals surface area contributed by atoms with E-state index in [0.717, 1.165) is 19.0 Å². The Morgan fingerprint density at radius 3 is 2.00 bits per heavy atom. The highest BCUT2D eigenvalue weighted by molar-refractivity contribution is 4.92. The number of hydrogen-bond acceptors (Lipinski definition) is 2. The zero-order valence-corrected chi connectivity index (χ0v) is 9.03. The van der Waals surface area contributed by atoms with Crippen molar-refractivity contribution in [3.05, 3.63) is 6.17 Å². The van der Waals surface area contributed by atoms with Crippen LogP contribution in [0.3, 0.4) is 0 Å². The Hall–Kier alpha value is -0.0800. The minimum Gasteiger partial charge on any atom is -0.297 e. The van der Waals surface area contributed by atoms with Crippen LogP contribution in [0.4, 0.5) is 0 Å². The van der Waals surface area contributed by atoms with Crippen LogP contribution in [0.25, 0.3) is 0 Å². The van der Waals surface area contributed by atoms with Gasteiger partial charge in [0.2, 0.25) is 0 Å². The van der Waals surface area contributed by atoms with Crippen molar-refractivity contribution in [3.63, 3.8) is 0 Å². The summed E-state index contributed by atoms with van der Waals surface area (Å²) in [6, 6.07) is 0. The quantitative estimate of drug-likeness (QED) is 0.683. The zero-order chi connectivity index (χ0) is 9.52. The molecule has 0 aromatic rings. The fourth-order valence-corrected chi connectivity index (χ4v) is 2.12. The van der Waals surface area contributed by atoms with Crippen molar-refractivity contribution in [1.82, 2.24) is 10.6 Å². The lowest BCUT2D eigenvalue weighted by molar-refractivity contribution is 0.317. The summed E-state index contributed by atoms with van der Waals surface area (Å²) in [5.74, 6) is 0.786. The molecule has 0 aromatic heterocycles. The molecule has 0 atom stereocenters. The van der Waals surface area contributed by atoms with Gasteiger partial charge in [0.1, 0.15) is 6.17 Å². The van der Waals surface area contributed by atoms with Gasteiger partial charge in [-0.15, -0.1) is 0 Å². The molecule has 0 bridgehead atoms. The third kappa shape index (κ3) is 3.65. The Morgan fingerprint density at radius 2 is 1.54 bits per heavy atom. The average Bonchev–Trinajstić information content (AvgIpc) is 2.19. The Bertz CT molecular complexity index is 113. The van der Waals surface area contributed by atoms with Gasteiger partial charge >= 0.3 is 0 Å². The molecule has 1 saturated carbocycles. The van der Waals surface area contributed by atoms with E-state index in [9.17, 15) is 0 Å². The van der Waals surface area contributed by atoms with Crippen LogP contribution in [-0.4, -0.2) is 13.1 Å². The second kappa shape index (κ2) is 6.39. The molecular formula is C11H23N2. The first-order valence-electron chi connectivity index (χ1n) is 5.73. The van der Waals surface area contributed by atoms with Crippen molar-refractivity contribution in [2.24, 2.45) is 5.92 Å². The van der Waals surface area contributed by atoms with Crippen LogP contribution in [-0.2, 0) is 0 Å². The maximum absolute atomic E-state index is 3.46. The van der Waals surface area contributed by atoms with Gasteiger partial charge in [-0.1, -0.05) is 33.1 Å². The molecule has 1 fully saturated rings. The third-order valence-electron chi connectivity index (χ3n) is 2.75. The Labute approximate surface area is 82.5 Å². The average molecular weight is 183 g/mol. The molecule has 0 aromatic carbocycles. The summed E-state index contributed by atoms with van der Waals surface area (Å²) in [5.41, 5.74) is 0. The molecule has 2 N–H and O–H groups in total. The van der Waals surface area contributed by atoms with Gasteiger partial charge in [-0.2, -0.15) is 0 Å². The minimum absolute atomic E-state index is 0.786. The Balaban J connectivity index is 2.32. The van der Waals surface area contributed by atoms with Gasteiger partial charge in [0.15, 0.2) is 0 Å². The van der Waals surface area contributed by atoms with Crippen LogP contribution in [0.2, 0.25) is 0 Å². The predicted molar refractivity (Wildman–Crippen MR) is 57.2 cm³/mol. The van der Waals surface area contributed by atoms with Crippen LogP contribution in [0, 0.1) is 12.1 Å². The van der Waals surface area contributed by atoms with Crippen molar-refractivity contribution < 1.29 is 0 Å². The summed E-state index contributed by atoms with van der Waals surface area (Å²) >= 11 is 0. The van der Waals surface area contributed by atoms with Gasteiger partial charge in [0, 0.05) is 0 Å². The summed E-state index contributed by atoms with van der Waals surface area (Å²) < 4.78 is 0. The first kappa shape index (κ1) is 11.0. The second-order valence-electron chi connectivity index (χ2n) is 3.81. The molecule has 0 unspecified atom stereocenters. The minimum atomic E-state index is 0.786. The smallest absolute Gasteiger partial charge is 0.104 e. The molecule has 1 aliphatic rings. The van der Waals surface area contributed by atoms with Gasteiger partial charge in [0.25, 0.3) is 0 Å². The monoisotopic (exact) mass is 183 g/mol. The van der Waals surface area contributed by atoms with E-state index >= 15 is 0 Å². The largest absolute Gasteiger partial charge is 0.297 e. The van der Waals surface area contributed by atoms with E-state index in [0.29, 0.717) is 0 Å². The summed E-state index contributed by atoms with van der Waals surface area (Å²) in [5, 5.41) is 6.92. The highest BCUT2D eigenvalue weighted by atomic mass is 15.1. The lowest BCUT2D eigenvalue weighted by atomic mass is 9.87. The maximum atomic E-state index is 3.46. The second-order valence-corrected chi connectivity index (χ2v) is 3.81. The lowest BCUT2D eigenvalue weighted by Gasteiger charge is -2.30. The van der Waals surface area contributed by atoms with E-state index < -0.39 is 0 Å². The molecule has 0 amide bonds. The van der Waals surface area contributed by atoms with E-state index in [1.165, 1.54) is 38.3 Å². The van der Waals surface area contributed by atoms with Crippen molar-refractivity contribution in [1.29, 1.82) is 0 Å². The SMILES string of the molecule is CCN[C](NCC)C1CCCCC1. The van der Waals surface area contributed by atoms with Crippen molar-refractivity contribution in [3.8, 4) is 0 Å². The van der Waals surface area contributed by atoms with Gasteiger partial charge in [-0.05, 0) is 31.8 Å². The highest BCUT2D eigenvalue weighted by Gasteiger charge is 2.22. The molecule has 13 heavy (non-hydrogen) atoms. The van der Waals surface area contributed by atoms with Gasteiger partial charge in [-0.25, -0.2) is 0 Å². The summed E-state index contributed by atoms with van der Waals surface area (Å²) in [7, 11) is 0. The Morgan fingerprint density at radius 1 is 1.00 bits per heavy atom. The van der Waals surface area contributed by atoms with E-state index in [1.807, 2.05) is 0 Å². The van der Waals surface area contributed by atoms with Crippen LogP contribution in [0.15, 0.2) is 0 Å². The van der Waals surface area contributed by atoms with Gasteiger partial charge in [-0.3, -0.25) is 10.6 Å². The van der Waals surface area contributed by atoms with Crippen molar-refractivity contribution >= 4 is 0 Å². The fraction of sp³-hybridized carbons (Fsp3) is 0.909. The van der Waals surface area contributed by atoms with Crippen LogP contribution in [0.1, 0.15) is 46.0 Å². The lowest BCUT2D eigenvalue weighted by Crippen LogP contribution is -2.40. The molecule has 2 heteroatoms. The Kier molecular flexibility index (Phi) is 5.40. The molecule has 1 rings (SSSR count). The zero-order valence-electron chi connectivity index (χ0n) is 9.03. The molecule has 1 radical (unpaired) electrons. The fourth-order valence-electron chi connectivity index (χ4n) is 2.12. The van der Waals surface area contributed by atoms with E-state index in [4.69, 9.17) is 0 Å². The third-order valence-corrected chi connectivity index (χ3v) is 2.75. The predicted octanol–water partition coefficient (Wildman–Crippen LogP) is 2.28. The number of hydrogen-bond donors (Lipinski definition) is 2. The molecule has 1 aliphatic carbocycles. The molecule has 0 aliphatic heterocycles. The number of nitrogens with one attached hydrogen (secondary N) is 2. The molecule has 0 spiro atoms. The standard InChI is InChI=1S/C11H23N2/c1-3-12-11(13-4-2)10-8-6-5-7-9-10/h10,12-13H,3-9H2,1-2H3. The topological polar surface area (TPSA) is 24.1 Å². The number of rotatable bonds is 5. The molecule has 77 valence electrons. The van der Waals surface area contributed by atoms with Crippen LogP contribution < -0.4 is 10.6 Å². The van der Waals surface area contributed by atoms with Crippen molar-refractivity contribution in [2.45, 2.75) is 46.0 Å². The highest BCUT2D eigenvalue weighted by Crippen LogP contribution is 2.28. The van der Waals surface area contributed by atoms with Gasteiger partial charge in [0.05, 0.1) is 0 Å². The molecule has 0 saturated heterocycles. The van der Waals surface area contributed by atoms with Gasteiger partial charge < -0.3 is 0 Å². The van der Waals surface area contributed by atoms with Crippen LogP contribution in [0.5, 0.6) is 0 Å². The van der Waals surface area contributed by atoms with E-state index in [-0.39, 0.29) is 0 Å². The van der Waals surface area contributed by atoms with E-state index in [1.54, 1.807) is 0 Å². The maximum Gasteiger partial charge on any atom is 0.104 e. The first-order chi connectivity index (χ1) is 6.38. The summed E-state index contributed by atoms with van der Waals surface area (Å²) in [6.45, 7) is 6.41. The van der Waals surface area contributed by atoms with Crippen LogP contribution >= 0.6 is 0 Å². The first-order valence-corrected chi connectivity index (χ1v) is 5.73. The summed E-state index contributed by atoms with van der Waals surface area (Å²) in [4.78, 5) is 0. The molecule has 0 heterocycles. The van der Waals surface area contributed by atoms with E-state index in [2.05, 4.69) is 24.5 Å². The normalized spacial score (nSPS) is 19.6. The van der Waals surface area contributed by atoms with Crippen molar-refractivity contribution in [2.75, 3.05) is 13.1 Å². The summed E-state index contributed by atoms with van der Waals surface area (Å²) in [6.07, 6.45) is 8.38. The molecule has 2 nitrogen and oxygen atoms in total. The molecular weight excluding hydrogens is 160 g/mol.